The molecule has 1 aliphatic rings. The van der Waals surface area contributed by atoms with E-state index in [9.17, 15) is 4.79 Å². The average molecular weight is 284 g/mol. The number of likely N-dealkylation sites (tertiary alicyclic amines) is 1. The molecule has 1 aliphatic heterocycles. The van der Waals surface area contributed by atoms with Crippen LogP contribution in [0.15, 0.2) is 0 Å². The van der Waals surface area contributed by atoms with E-state index in [0.29, 0.717) is 28.4 Å². The Bertz CT molecular complexity index is 449. The highest BCUT2D eigenvalue weighted by atomic mass is 32.1. The van der Waals surface area contributed by atoms with E-state index < -0.39 is 0 Å². The van der Waals surface area contributed by atoms with Gasteiger partial charge in [-0.3, -0.25) is 4.79 Å². The van der Waals surface area contributed by atoms with Crippen LogP contribution in [0.3, 0.4) is 0 Å². The lowest BCUT2D eigenvalue weighted by atomic mass is 10.1. The number of carbonyl (C=O) groups is 1. The van der Waals surface area contributed by atoms with Crippen LogP contribution in [0.4, 0.5) is 10.9 Å². The molecule has 6 nitrogen and oxygen atoms in total. The first-order chi connectivity index (χ1) is 9.15. The van der Waals surface area contributed by atoms with Crippen LogP contribution in [0, 0.1) is 5.92 Å². The van der Waals surface area contributed by atoms with Crippen molar-refractivity contribution in [3.63, 3.8) is 0 Å². The number of thiazole rings is 1. The van der Waals surface area contributed by atoms with Crippen LogP contribution in [0.25, 0.3) is 0 Å². The minimum Gasteiger partial charge on any atom is -0.384 e. The Kier molecular flexibility index (Phi) is 4.60. The highest BCUT2D eigenvalue weighted by molar-refractivity contribution is 7.18. The molecule has 1 unspecified atom stereocenters. The molecule has 1 aromatic rings. The van der Waals surface area contributed by atoms with Crippen LogP contribution in [0.5, 0.6) is 0 Å². The summed E-state index contributed by atoms with van der Waals surface area (Å²) >= 11 is 1.32. The number of nitrogen functional groups attached to an aromatic ring is 1. The number of nitrogens with two attached hydrogens (primary N) is 1. The van der Waals surface area contributed by atoms with Crippen molar-refractivity contribution in [1.29, 1.82) is 0 Å². The molecule has 0 aliphatic carbocycles. The third kappa shape index (κ3) is 3.16. The predicted octanol–water partition coefficient (Wildman–Crippen LogP) is 1.27. The second-order valence-corrected chi connectivity index (χ2v) is 5.62. The van der Waals surface area contributed by atoms with Gasteiger partial charge < -0.3 is 20.7 Å². The third-order valence-electron chi connectivity index (χ3n) is 3.15. The van der Waals surface area contributed by atoms with Crippen LogP contribution < -0.4 is 11.1 Å². The average Bonchev–Trinajstić information content (AvgIpc) is 2.97. The Morgan fingerprint density at radius 1 is 1.68 bits per heavy atom. The first kappa shape index (κ1) is 14.1. The van der Waals surface area contributed by atoms with Gasteiger partial charge in [-0.25, -0.2) is 4.98 Å². The van der Waals surface area contributed by atoms with Crippen molar-refractivity contribution in [2.24, 2.45) is 5.92 Å². The van der Waals surface area contributed by atoms with Crippen molar-refractivity contribution in [3.05, 3.63) is 4.88 Å². The summed E-state index contributed by atoms with van der Waals surface area (Å²) in [6, 6.07) is 0. The Morgan fingerprint density at radius 3 is 3.16 bits per heavy atom. The maximum Gasteiger partial charge on any atom is 0.267 e. The number of amides is 1. The molecular weight excluding hydrogens is 264 g/mol. The molecule has 1 fully saturated rings. The first-order valence-corrected chi connectivity index (χ1v) is 7.25. The van der Waals surface area contributed by atoms with E-state index in [4.69, 9.17) is 10.5 Å². The van der Waals surface area contributed by atoms with E-state index in [0.717, 1.165) is 26.1 Å². The molecule has 106 valence electrons. The number of rotatable bonds is 5. The Hall–Kier alpha value is -1.34. The smallest absolute Gasteiger partial charge is 0.267 e. The molecule has 1 atom stereocenters. The lowest BCUT2D eigenvalue weighted by Crippen LogP contribution is -2.29. The second-order valence-electron chi connectivity index (χ2n) is 4.62. The molecule has 0 bridgehead atoms. The molecule has 0 radical (unpaired) electrons. The van der Waals surface area contributed by atoms with Gasteiger partial charge in [0.1, 0.15) is 10.7 Å². The van der Waals surface area contributed by atoms with E-state index in [1.807, 2.05) is 11.8 Å². The zero-order valence-corrected chi connectivity index (χ0v) is 12.1. The monoisotopic (exact) mass is 284 g/mol. The van der Waals surface area contributed by atoms with Crippen molar-refractivity contribution < 1.29 is 9.53 Å². The Morgan fingerprint density at radius 2 is 2.47 bits per heavy atom. The minimum atomic E-state index is -0.0160. The van der Waals surface area contributed by atoms with Crippen LogP contribution in [0.1, 0.15) is 23.0 Å². The number of nitrogens with one attached hydrogen (secondary N) is 1. The maximum absolute atomic E-state index is 12.4. The quantitative estimate of drug-likeness (QED) is 0.851. The summed E-state index contributed by atoms with van der Waals surface area (Å²) in [7, 11) is 1.69. The topological polar surface area (TPSA) is 80.5 Å². The van der Waals surface area contributed by atoms with Gasteiger partial charge in [0.2, 0.25) is 0 Å². The number of hydrogen-bond acceptors (Lipinski definition) is 6. The largest absolute Gasteiger partial charge is 0.384 e. The zero-order valence-electron chi connectivity index (χ0n) is 11.3. The molecule has 2 heterocycles. The van der Waals surface area contributed by atoms with Gasteiger partial charge in [0.05, 0.1) is 6.61 Å². The molecule has 0 saturated carbocycles. The number of carbonyl (C=O) groups excluding carboxylic acids is 1. The second kappa shape index (κ2) is 6.21. The molecule has 0 aromatic carbocycles. The summed E-state index contributed by atoms with van der Waals surface area (Å²) in [5, 5.41) is 3.78. The van der Waals surface area contributed by atoms with Crippen LogP contribution >= 0.6 is 11.3 Å². The fraction of sp³-hybridized carbons (Fsp3) is 0.667. The van der Waals surface area contributed by atoms with Crippen molar-refractivity contribution >= 4 is 28.2 Å². The van der Waals surface area contributed by atoms with Crippen molar-refractivity contribution in [1.82, 2.24) is 9.88 Å². The standard InChI is InChI=1S/C12H20N4O2S/c1-3-14-12-15-10(13)9(19-12)11(17)16-5-4-8(6-16)7-18-2/h8H,3-7,13H2,1-2H3,(H,14,15). The Balaban J connectivity index is 2.03. The van der Waals surface area contributed by atoms with E-state index in [1.54, 1.807) is 7.11 Å². The van der Waals surface area contributed by atoms with Gasteiger partial charge in [0.15, 0.2) is 5.13 Å². The van der Waals surface area contributed by atoms with E-state index >= 15 is 0 Å². The summed E-state index contributed by atoms with van der Waals surface area (Å²) in [4.78, 5) is 18.9. The number of anilines is 2. The zero-order chi connectivity index (χ0) is 13.8. The molecule has 2 rings (SSSR count). The first-order valence-electron chi connectivity index (χ1n) is 6.44. The van der Waals surface area contributed by atoms with Gasteiger partial charge in [-0.15, -0.1) is 0 Å². The van der Waals surface area contributed by atoms with Gasteiger partial charge in [-0.05, 0) is 13.3 Å². The molecule has 0 spiro atoms. The summed E-state index contributed by atoms with van der Waals surface area (Å²) in [6.07, 6.45) is 0.984. The molecule has 19 heavy (non-hydrogen) atoms. The highest BCUT2D eigenvalue weighted by Crippen LogP contribution is 2.28. The molecule has 3 N–H and O–H groups in total. The van der Waals surface area contributed by atoms with Crippen molar-refractivity contribution in [3.8, 4) is 0 Å². The van der Waals surface area contributed by atoms with Gasteiger partial charge in [-0.2, -0.15) is 0 Å². The number of ether oxygens (including phenoxy) is 1. The lowest BCUT2D eigenvalue weighted by Gasteiger charge is -2.15. The molecule has 1 aromatic heterocycles. The van der Waals surface area contributed by atoms with Gasteiger partial charge in [0, 0.05) is 32.7 Å². The van der Waals surface area contributed by atoms with Crippen molar-refractivity contribution in [2.75, 3.05) is 44.4 Å². The predicted molar refractivity (Wildman–Crippen MR) is 76.6 cm³/mol. The van der Waals surface area contributed by atoms with E-state index in [-0.39, 0.29) is 5.91 Å². The van der Waals surface area contributed by atoms with Crippen LogP contribution in [0.2, 0.25) is 0 Å². The van der Waals surface area contributed by atoms with Gasteiger partial charge in [0.25, 0.3) is 5.91 Å². The van der Waals surface area contributed by atoms with Crippen molar-refractivity contribution in [2.45, 2.75) is 13.3 Å². The maximum atomic E-state index is 12.4. The van der Waals surface area contributed by atoms with E-state index in [1.165, 1.54) is 11.3 Å². The van der Waals surface area contributed by atoms with E-state index in [2.05, 4.69) is 10.3 Å². The minimum absolute atomic E-state index is 0.0160. The highest BCUT2D eigenvalue weighted by Gasteiger charge is 2.29. The SMILES string of the molecule is CCNc1nc(N)c(C(=O)N2CCC(COC)C2)s1. The molecule has 1 saturated heterocycles. The van der Waals surface area contributed by atoms with Gasteiger partial charge >= 0.3 is 0 Å². The number of methoxy groups -OCH3 is 1. The molecule has 7 heteroatoms. The molecular formula is C12H20N4O2S. The summed E-state index contributed by atoms with van der Waals surface area (Å²) in [5.41, 5.74) is 5.82. The van der Waals surface area contributed by atoms with Crippen LogP contribution in [-0.4, -0.2) is 49.1 Å². The number of nitrogens with zero attached hydrogens (tertiary/aromatic N) is 2. The summed E-state index contributed by atoms with van der Waals surface area (Å²) < 4.78 is 5.14. The number of aromatic nitrogens is 1. The lowest BCUT2D eigenvalue weighted by molar-refractivity contribution is 0.0781. The fourth-order valence-electron chi connectivity index (χ4n) is 2.24. The van der Waals surface area contributed by atoms with Crippen LogP contribution in [-0.2, 0) is 4.74 Å². The Labute approximate surface area is 116 Å². The number of hydrogen-bond donors (Lipinski definition) is 2. The fourth-order valence-corrected chi connectivity index (χ4v) is 3.16. The third-order valence-corrected chi connectivity index (χ3v) is 4.17. The van der Waals surface area contributed by atoms with Gasteiger partial charge in [-0.1, -0.05) is 11.3 Å². The molecule has 1 amide bonds. The summed E-state index contributed by atoms with van der Waals surface area (Å²) in [6.45, 7) is 4.95. The summed E-state index contributed by atoms with van der Waals surface area (Å²) in [5.74, 6) is 0.732. The normalized spacial score (nSPS) is 18.8.